The Hall–Kier alpha value is -1.82. The van der Waals surface area contributed by atoms with Gasteiger partial charge < -0.3 is 9.30 Å². The number of aromatic nitrogens is 2. The second-order valence-electron chi connectivity index (χ2n) is 9.32. The molecule has 0 N–H and O–H groups in total. The van der Waals surface area contributed by atoms with Gasteiger partial charge in [-0.1, -0.05) is 12.1 Å². The van der Waals surface area contributed by atoms with Crippen LogP contribution in [0.3, 0.4) is 0 Å². The van der Waals surface area contributed by atoms with E-state index < -0.39 is 0 Å². The fraction of sp³-hybridized carbons (Fsp3) is 0.609. The van der Waals surface area contributed by atoms with Crippen molar-refractivity contribution in [2.75, 3.05) is 12.9 Å². The first-order valence-corrected chi connectivity index (χ1v) is 12.1. The van der Waals surface area contributed by atoms with E-state index in [9.17, 15) is 9.59 Å². The molecule has 0 amide bonds. The summed E-state index contributed by atoms with van der Waals surface area (Å²) in [6, 6.07) is 7.83. The molecule has 0 unspecified atom stereocenters. The fourth-order valence-corrected chi connectivity index (χ4v) is 6.95. The molecule has 4 aliphatic carbocycles. The molecule has 1 aromatic carbocycles. The quantitative estimate of drug-likeness (QED) is 0.637. The third-order valence-electron chi connectivity index (χ3n) is 7.29. The average Bonchev–Trinajstić information content (AvgIpc) is 3.02. The topological polar surface area (TPSA) is 61.2 Å². The molecular formula is C23H28N2O3S. The third kappa shape index (κ3) is 3.49. The maximum atomic E-state index is 13.1. The second kappa shape index (κ2) is 7.46. The SMILES string of the molecule is CSCc1nc2ccccc2n1CC(=O)OCC(=O)C12CC3CC(CC(C3)C1)C2. The number of imidazole rings is 1. The van der Waals surface area contributed by atoms with E-state index >= 15 is 0 Å². The number of hydrogen-bond acceptors (Lipinski definition) is 5. The van der Waals surface area contributed by atoms with Gasteiger partial charge in [0.05, 0.1) is 16.8 Å². The highest BCUT2D eigenvalue weighted by atomic mass is 32.2. The minimum atomic E-state index is -0.353. The molecule has 0 saturated heterocycles. The average molecular weight is 413 g/mol. The summed E-state index contributed by atoms with van der Waals surface area (Å²) >= 11 is 1.67. The van der Waals surface area contributed by atoms with Gasteiger partial charge in [0.1, 0.15) is 12.4 Å². The Balaban J connectivity index is 1.26. The van der Waals surface area contributed by atoms with Crippen LogP contribution in [0, 0.1) is 23.2 Å². The Labute approximate surface area is 175 Å². The lowest BCUT2D eigenvalue weighted by Gasteiger charge is -2.55. The lowest BCUT2D eigenvalue weighted by molar-refractivity contribution is -0.158. The fourth-order valence-electron chi connectivity index (χ4n) is 6.47. The van der Waals surface area contributed by atoms with Crippen molar-refractivity contribution in [2.24, 2.45) is 23.2 Å². The molecule has 1 aromatic heterocycles. The number of ketones is 1. The predicted octanol–water partition coefficient (Wildman–Crippen LogP) is 4.23. The molecule has 4 bridgehead atoms. The normalized spacial score (nSPS) is 30.0. The molecule has 4 fully saturated rings. The van der Waals surface area contributed by atoms with Crippen LogP contribution in [-0.2, 0) is 26.6 Å². The van der Waals surface area contributed by atoms with E-state index in [0.29, 0.717) is 17.8 Å². The summed E-state index contributed by atoms with van der Waals surface area (Å²) in [6.45, 7) is 0.0278. The summed E-state index contributed by atoms with van der Waals surface area (Å²) in [5.74, 6) is 3.54. The summed E-state index contributed by atoms with van der Waals surface area (Å²) in [5.41, 5.74) is 1.61. The largest absolute Gasteiger partial charge is 0.456 e. The van der Waals surface area contributed by atoms with Gasteiger partial charge in [-0.05, 0) is 74.7 Å². The van der Waals surface area contributed by atoms with Crippen LogP contribution in [0.1, 0.15) is 44.3 Å². The van der Waals surface area contributed by atoms with E-state index in [-0.39, 0.29) is 30.3 Å². The minimum absolute atomic E-state index is 0.0739. The van der Waals surface area contributed by atoms with Gasteiger partial charge in [-0.2, -0.15) is 11.8 Å². The van der Waals surface area contributed by atoms with Crippen LogP contribution in [0.5, 0.6) is 0 Å². The molecule has 1 heterocycles. The molecule has 6 heteroatoms. The number of thioether (sulfide) groups is 1. The van der Waals surface area contributed by atoms with Gasteiger partial charge in [-0.3, -0.25) is 9.59 Å². The Morgan fingerprint density at radius 3 is 2.45 bits per heavy atom. The van der Waals surface area contributed by atoms with Crippen molar-refractivity contribution in [2.45, 2.75) is 50.8 Å². The molecular weight excluding hydrogens is 384 g/mol. The van der Waals surface area contributed by atoms with Gasteiger partial charge in [0.2, 0.25) is 0 Å². The van der Waals surface area contributed by atoms with E-state index in [4.69, 9.17) is 4.74 Å². The maximum absolute atomic E-state index is 13.1. The lowest BCUT2D eigenvalue weighted by atomic mass is 9.48. The molecule has 6 rings (SSSR count). The summed E-state index contributed by atoms with van der Waals surface area (Å²) < 4.78 is 7.42. The van der Waals surface area contributed by atoms with Gasteiger partial charge in [-0.15, -0.1) is 0 Å². The van der Waals surface area contributed by atoms with Crippen molar-refractivity contribution in [3.63, 3.8) is 0 Å². The van der Waals surface area contributed by atoms with Crippen LogP contribution >= 0.6 is 11.8 Å². The standard InChI is InChI=1S/C23H28N2O3S/c1-29-14-21-24-18-4-2-3-5-19(18)25(21)12-22(27)28-13-20(26)23-9-15-6-16(10-23)8-17(7-15)11-23/h2-5,15-17H,6-14H2,1H3. The highest BCUT2D eigenvalue weighted by Gasteiger charge is 2.54. The number of rotatable bonds is 7. The highest BCUT2D eigenvalue weighted by Crippen LogP contribution is 2.60. The summed E-state index contributed by atoms with van der Waals surface area (Å²) in [6.07, 6.45) is 8.97. The number of ether oxygens (including phenoxy) is 1. The molecule has 154 valence electrons. The predicted molar refractivity (Wildman–Crippen MR) is 114 cm³/mol. The molecule has 0 spiro atoms. The van der Waals surface area contributed by atoms with Crippen LogP contribution in [-0.4, -0.2) is 34.2 Å². The second-order valence-corrected chi connectivity index (χ2v) is 10.2. The Kier molecular flexibility index (Phi) is 4.93. The van der Waals surface area contributed by atoms with Crippen molar-refractivity contribution in [3.8, 4) is 0 Å². The summed E-state index contributed by atoms with van der Waals surface area (Å²) in [4.78, 5) is 30.3. The van der Waals surface area contributed by atoms with Gasteiger partial charge in [0.15, 0.2) is 12.4 Å². The van der Waals surface area contributed by atoms with Gasteiger partial charge in [-0.25, -0.2) is 4.98 Å². The molecule has 4 saturated carbocycles. The van der Waals surface area contributed by atoms with E-state index in [2.05, 4.69) is 4.98 Å². The van der Waals surface area contributed by atoms with Gasteiger partial charge in [0, 0.05) is 5.41 Å². The monoisotopic (exact) mass is 412 g/mol. The van der Waals surface area contributed by atoms with E-state index in [1.165, 1.54) is 19.3 Å². The number of benzene rings is 1. The number of hydrogen-bond donors (Lipinski definition) is 0. The minimum Gasteiger partial charge on any atom is -0.456 e. The molecule has 0 aliphatic heterocycles. The molecule has 0 radical (unpaired) electrons. The van der Waals surface area contributed by atoms with Crippen LogP contribution in [0.4, 0.5) is 0 Å². The van der Waals surface area contributed by atoms with E-state index in [1.807, 2.05) is 35.1 Å². The number of carbonyl (C=O) groups is 2. The first kappa shape index (κ1) is 19.2. The van der Waals surface area contributed by atoms with Crippen LogP contribution in [0.25, 0.3) is 11.0 Å². The van der Waals surface area contributed by atoms with E-state index in [0.717, 1.165) is 41.9 Å². The lowest BCUT2D eigenvalue weighted by Crippen LogP contribution is -2.51. The van der Waals surface area contributed by atoms with Crippen molar-refractivity contribution >= 4 is 34.5 Å². The van der Waals surface area contributed by atoms with Gasteiger partial charge in [0.25, 0.3) is 0 Å². The van der Waals surface area contributed by atoms with Crippen molar-refractivity contribution in [3.05, 3.63) is 30.1 Å². The number of Topliss-reactive ketones (excluding diaryl/α,β-unsaturated/α-hetero) is 1. The molecule has 2 aromatic rings. The number of carbonyl (C=O) groups excluding carboxylic acids is 2. The third-order valence-corrected chi connectivity index (χ3v) is 7.84. The molecule has 29 heavy (non-hydrogen) atoms. The number of nitrogens with zero attached hydrogens (tertiary/aromatic N) is 2. The van der Waals surface area contributed by atoms with Crippen LogP contribution in [0.2, 0.25) is 0 Å². The zero-order valence-corrected chi connectivity index (χ0v) is 17.7. The molecule has 4 aliphatic rings. The number of esters is 1. The van der Waals surface area contributed by atoms with Crippen LogP contribution < -0.4 is 0 Å². The smallest absolute Gasteiger partial charge is 0.326 e. The summed E-state index contributed by atoms with van der Waals surface area (Å²) in [5, 5.41) is 0. The Morgan fingerprint density at radius 1 is 1.14 bits per heavy atom. The van der Waals surface area contributed by atoms with Crippen molar-refractivity contribution in [1.82, 2.24) is 9.55 Å². The van der Waals surface area contributed by atoms with Crippen LogP contribution in [0.15, 0.2) is 24.3 Å². The van der Waals surface area contributed by atoms with Crippen molar-refractivity contribution < 1.29 is 14.3 Å². The van der Waals surface area contributed by atoms with Gasteiger partial charge >= 0.3 is 5.97 Å². The highest BCUT2D eigenvalue weighted by molar-refractivity contribution is 7.97. The van der Waals surface area contributed by atoms with E-state index in [1.54, 1.807) is 11.8 Å². The Morgan fingerprint density at radius 2 is 1.79 bits per heavy atom. The maximum Gasteiger partial charge on any atom is 0.326 e. The molecule has 0 atom stereocenters. The Bertz CT molecular complexity index is 915. The zero-order chi connectivity index (χ0) is 20.0. The first-order valence-electron chi connectivity index (χ1n) is 10.7. The number of para-hydroxylation sites is 2. The first-order chi connectivity index (χ1) is 14.1. The number of fused-ring (bicyclic) bond motifs is 1. The zero-order valence-electron chi connectivity index (χ0n) is 16.9. The van der Waals surface area contributed by atoms with Crippen molar-refractivity contribution in [1.29, 1.82) is 0 Å². The summed E-state index contributed by atoms with van der Waals surface area (Å²) in [7, 11) is 0. The molecule has 5 nitrogen and oxygen atoms in total.